The zero-order valence-corrected chi connectivity index (χ0v) is 14.8. The van der Waals surface area contributed by atoms with E-state index in [1.54, 1.807) is 18.2 Å². The maximum Gasteiger partial charge on any atom is 0.277 e. The van der Waals surface area contributed by atoms with E-state index in [2.05, 4.69) is 26.5 Å². The molecule has 0 radical (unpaired) electrons. The number of phenolic OH excluding ortho intramolecular Hbond substituents is 1. The van der Waals surface area contributed by atoms with Crippen LogP contribution in [0.25, 0.3) is 0 Å². The van der Waals surface area contributed by atoms with Crippen LogP contribution < -0.4 is 14.9 Å². The van der Waals surface area contributed by atoms with Crippen molar-refractivity contribution < 1.29 is 19.4 Å². The second-order valence-electron chi connectivity index (χ2n) is 4.92. The molecule has 0 unspecified atom stereocenters. The number of phenols is 1. The van der Waals surface area contributed by atoms with Gasteiger partial charge in [0.25, 0.3) is 5.91 Å². The minimum Gasteiger partial charge on any atom is -0.504 e. The standard InChI is InChI=1S/C17H17BrN2O4/c1-11-7-13(4-5-14(11)18)24-10-17(22)20-19-9-12-3-6-15(21)16(8-12)23-2/h3-9,21H,10H2,1-2H3,(H,20,22). The molecule has 0 saturated heterocycles. The molecule has 7 heteroatoms. The zero-order valence-electron chi connectivity index (χ0n) is 13.2. The van der Waals surface area contributed by atoms with Crippen LogP contribution >= 0.6 is 15.9 Å². The summed E-state index contributed by atoms with van der Waals surface area (Å²) < 4.78 is 11.4. The summed E-state index contributed by atoms with van der Waals surface area (Å²) in [5, 5.41) is 13.3. The van der Waals surface area contributed by atoms with Crippen molar-refractivity contribution >= 4 is 28.1 Å². The molecule has 0 bridgehead atoms. The minimum atomic E-state index is -0.377. The summed E-state index contributed by atoms with van der Waals surface area (Å²) in [4.78, 5) is 11.7. The number of halogens is 1. The van der Waals surface area contributed by atoms with E-state index < -0.39 is 0 Å². The molecule has 0 aliphatic heterocycles. The number of hydrazone groups is 1. The van der Waals surface area contributed by atoms with Crippen LogP contribution in [0.4, 0.5) is 0 Å². The molecule has 0 fully saturated rings. The van der Waals surface area contributed by atoms with E-state index in [-0.39, 0.29) is 18.3 Å². The second-order valence-corrected chi connectivity index (χ2v) is 5.78. The monoisotopic (exact) mass is 392 g/mol. The first-order valence-electron chi connectivity index (χ1n) is 7.07. The van der Waals surface area contributed by atoms with Gasteiger partial charge in [0.2, 0.25) is 0 Å². The highest BCUT2D eigenvalue weighted by Gasteiger charge is 2.04. The largest absolute Gasteiger partial charge is 0.504 e. The van der Waals surface area contributed by atoms with E-state index in [1.807, 2.05) is 19.1 Å². The fourth-order valence-corrected chi connectivity index (χ4v) is 2.09. The van der Waals surface area contributed by atoms with E-state index in [0.29, 0.717) is 17.1 Å². The molecule has 0 aliphatic carbocycles. The summed E-state index contributed by atoms with van der Waals surface area (Å²) in [6, 6.07) is 10.2. The van der Waals surface area contributed by atoms with Crippen molar-refractivity contribution in [2.45, 2.75) is 6.92 Å². The molecular weight excluding hydrogens is 376 g/mol. The molecule has 0 saturated carbocycles. The van der Waals surface area contributed by atoms with Gasteiger partial charge in [0, 0.05) is 4.47 Å². The number of aryl methyl sites for hydroxylation is 1. The van der Waals surface area contributed by atoms with Crippen molar-refractivity contribution in [3.05, 3.63) is 52.0 Å². The Kier molecular flexibility index (Phi) is 6.20. The first kappa shape index (κ1) is 17.8. The molecule has 0 spiro atoms. The predicted octanol–water partition coefficient (Wildman–Crippen LogP) is 3.00. The van der Waals surface area contributed by atoms with Crippen LogP contribution in [0, 0.1) is 6.92 Å². The summed E-state index contributed by atoms with van der Waals surface area (Å²) in [5.41, 5.74) is 4.07. The number of hydrogen-bond acceptors (Lipinski definition) is 5. The van der Waals surface area contributed by atoms with Gasteiger partial charge < -0.3 is 14.6 Å². The van der Waals surface area contributed by atoms with Crippen LogP contribution in [0.1, 0.15) is 11.1 Å². The van der Waals surface area contributed by atoms with E-state index in [9.17, 15) is 9.90 Å². The lowest BCUT2D eigenvalue weighted by atomic mass is 10.2. The van der Waals surface area contributed by atoms with Crippen LogP contribution in [0.15, 0.2) is 46.0 Å². The third-order valence-corrected chi connectivity index (χ3v) is 4.00. The second kappa shape index (κ2) is 8.35. The molecule has 2 N–H and O–H groups in total. The lowest BCUT2D eigenvalue weighted by Gasteiger charge is -2.07. The van der Waals surface area contributed by atoms with Crippen LogP contribution in [0.5, 0.6) is 17.2 Å². The van der Waals surface area contributed by atoms with E-state index in [0.717, 1.165) is 10.0 Å². The van der Waals surface area contributed by atoms with Crippen molar-refractivity contribution in [1.29, 1.82) is 0 Å². The average molecular weight is 393 g/mol. The van der Waals surface area contributed by atoms with E-state index in [4.69, 9.17) is 9.47 Å². The summed E-state index contributed by atoms with van der Waals surface area (Å²) >= 11 is 3.40. The molecular formula is C17H17BrN2O4. The number of nitrogens with one attached hydrogen (secondary N) is 1. The third kappa shape index (κ3) is 4.99. The quantitative estimate of drug-likeness (QED) is 0.584. The van der Waals surface area contributed by atoms with Gasteiger partial charge in [0.05, 0.1) is 13.3 Å². The maximum atomic E-state index is 11.7. The SMILES string of the molecule is COc1cc(C=NNC(=O)COc2ccc(Br)c(C)c2)ccc1O. The van der Waals surface area contributed by atoms with Crippen molar-refractivity contribution in [2.75, 3.05) is 13.7 Å². The van der Waals surface area contributed by atoms with Crippen molar-refractivity contribution in [2.24, 2.45) is 5.10 Å². The Hall–Kier alpha value is -2.54. The van der Waals surface area contributed by atoms with Gasteiger partial charge in [0.15, 0.2) is 18.1 Å². The first-order chi connectivity index (χ1) is 11.5. The highest BCUT2D eigenvalue weighted by Crippen LogP contribution is 2.25. The van der Waals surface area contributed by atoms with Gasteiger partial charge in [-0.3, -0.25) is 4.79 Å². The van der Waals surface area contributed by atoms with Crippen LogP contribution in [-0.2, 0) is 4.79 Å². The van der Waals surface area contributed by atoms with E-state index >= 15 is 0 Å². The molecule has 1 amide bonds. The Balaban J connectivity index is 1.85. The van der Waals surface area contributed by atoms with Crippen LogP contribution in [-0.4, -0.2) is 30.9 Å². The number of aromatic hydroxyl groups is 1. The predicted molar refractivity (Wildman–Crippen MR) is 94.8 cm³/mol. The summed E-state index contributed by atoms with van der Waals surface area (Å²) in [6.45, 7) is 1.80. The Morgan fingerprint density at radius 3 is 2.83 bits per heavy atom. The molecule has 6 nitrogen and oxygen atoms in total. The summed E-state index contributed by atoms with van der Waals surface area (Å²) in [6.07, 6.45) is 1.45. The van der Waals surface area contributed by atoms with Crippen molar-refractivity contribution in [1.82, 2.24) is 5.43 Å². The Morgan fingerprint density at radius 2 is 2.12 bits per heavy atom. The van der Waals surface area contributed by atoms with Crippen molar-refractivity contribution in [3.63, 3.8) is 0 Å². The molecule has 2 rings (SSSR count). The fourth-order valence-electron chi connectivity index (χ4n) is 1.84. The smallest absolute Gasteiger partial charge is 0.277 e. The van der Waals surface area contributed by atoms with E-state index in [1.165, 1.54) is 19.4 Å². The van der Waals surface area contributed by atoms with Crippen LogP contribution in [0.3, 0.4) is 0 Å². The molecule has 0 heterocycles. The van der Waals surface area contributed by atoms with Gasteiger partial charge in [0.1, 0.15) is 5.75 Å². The lowest BCUT2D eigenvalue weighted by Crippen LogP contribution is -2.24. The Morgan fingerprint density at radius 1 is 1.33 bits per heavy atom. The normalized spacial score (nSPS) is 10.6. The molecule has 0 aliphatic rings. The van der Waals surface area contributed by atoms with Gasteiger partial charge in [-0.25, -0.2) is 5.43 Å². The summed E-state index contributed by atoms with van der Waals surface area (Å²) in [7, 11) is 1.46. The average Bonchev–Trinajstić information content (AvgIpc) is 2.57. The van der Waals surface area contributed by atoms with Crippen molar-refractivity contribution in [3.8, 4) is 17.2 Å². The van der Waals surface area contributed by atoms with Gasteiger partial charge >= 0.3 is 0 Å². The fraction of sp³-hybridized carbons (Fsp3) is 0.176. The first-order valence-corrected chi connectivity index (χ1v) is 7.86. The number of rotatable bonds is 6. The van der Waals surface area contributed by atoms with Gasteiger partial charge in [-0.1, -0.05) is 15.9 Å². The zero-order chi connectivity index (χ0) is 17.5. The third-order valence-electron chi connectivity index (χ3n) is 3.11. The topological polar surface area (TPSA) is 80.2 Å². The number of benzene rings is 2. The van der Waals surface area contributed by atoms with Gasteiger partial charge in [-0.05, 0) is 54.4 Å². The van der Waals surface area contributed by atoms with Gasteiger partial charge in [-0.15, -0.1) is 0 Å². The lowest BCUT2D eigenvalue weighted by molar-refractivity contribution is -0.123. The number of methoxy groups -OCH3 is 1. The molecule has 0 atom stereocenters. The van der Waals surface area contributed by atoms with Gasteiger partial charge in [-0.2, -0.15) is 5.10 Å². The number of carbonyl (C=O) groups is 1. The summed E-state index contributed by atoms with van der Waals surface area (Å²) in [5.74, 6) is 0.603. The highest BCUT2D eigenvalue weighted by molar-refractivity contribution is 9.10. The number of carbonyl (C=O) groups excluding carboxylic acids is 1. The number of ether oxygens (including phenoxy) is 2. The highest BCUT2D eigenvalue weighted by atomic mass is 79.9. The number of nitrogens with zero attached hydrogens (tertiary/aromatic N) is 1. The van der Waals surface area contributed by atoms with Crippen LogP contribution in [0.2, 0.25) is 0 Å². The Labute approximate surface area is 148 Å². The molecule has 2 aromatic carbocycles. The molecule has 2 aromatic rings. The number of hydrogen-bond donors (Lipinski definition) is 2. The Bertz CT molecular complexity index is 762. The molecule has 24 heavy (non-hydrogen) atoms. The minimum absolute atomic E-state index is 0.0388. The molecule has 0 aromatic heterocycles. The maximum absolute atomic E-state index is 11.7. The molecule has 126 valence electrons. The number of amides is 1.